The molecule has 1 heterocycles. The van der Waals surface area contributed by atoms with Crippen molar-refractivity contribution in [2.45, 2.75) is 20.8 Å². The number of aryl methyl sites for hydroxylation is 1. The van der Waals surface area contributed by atoms with Crippen LogP contribution in [0.25, 0.3) is 0 Å². The number of rotatable bonds is 2. The number of carbonyl (C=O) groups excluding carboxylic acids is 1. The summed E-state index contributed by atoms with van der Waals surface area (Å²) in [4.78, 5) is 16.5. The summed E-state index contributed by atoms with van der Waals surface area (Å²) in [5.41, 5.74) is 3.26. The van der Waals surface area contributed by atoms with E-state index in [-0.39, 0.29) is 6.03 Å². The molecule has 4 heteroatoms. The van der Waals surface area contributed by atoms with Crippen molar-refractivity contribution in [3.63, 3.8) is 0 Å². The number of hydrogen-bond acceptors (Lipinski definition) is 2. The molecule has 4 nitrogen and oxygen atoms in total. The van der Waals surface area contributed by atoms with Gasteiger partial charge in [0.05, 0.1) is 0 Å². The van der Waals surface area contributed by atoms with Crippen LogP contribution in [0.3, 0.4) is 0 Å². The Kier molecular flexibility index (Phi) is 4.43. The van der Waals surface area contributed by atoms with E-state index in [9.17, 15) is 4.79 Å². The molecule has 0 saturated carbocycles. The van der Waals surface area contributed by atoms with E-state index in [1.165, 1.54) is 5.56 Å². The summed E-state index contributed by atoms with van der Waals surface area (Å²) in [6.45, 7) is 10.9. The summed E-state index contributed by atoms with van der Waals surface area (Å²) in [5.74, 6) is 0. The fourth-order valence-corrected chi connectivity index (χ4v) is 2.35. The highest BCUT2D eigenvalue weighted by molar-refractivity contribution is 5.90. The number of nitrogens with zero attached hydrogens (tertiary/aromatic N) is 2. The highest BCUT2D eigenvalue weighted by atomic mass is 16.2. The minimum absolute atomic E-state index is 0.0180. The summed E-state index contributed by atoms with van der Waals surface area (Å²) in [5, 5.41) is 3.02. The van der Waals surface area contributed by atoms with E-state index >= 15 is 0 Å². The second kappa shape index (κ2) is 6.06. The molecular formula is C15H23N3O. The van der Waals surface area contributed by atoms with Crippen LogP contribution in [0.15, 0.2) is 18.2 Å². The summed E-state index contributed by atoms with van der Waals surface area (Å²) in [6.07, 6.45) is 0. The number of nitrogens with one attached hydrogen (secondary N) is 1. The van der Waals surface area contributed by atoms with Crippen LogP contribution >= 0.6 is 0 Å². The van der Waals surface area contributed by atoms with Crippen molar-refractivity contribution in [2.24, 2.45) is 0 Å². The fourth-order valence-electron chi connectivity index (χ4n) is 2.35. The number of anilines is 1. The molecule has 1 N–H and O–H groups in total. The first-order valence-corrected chi connectivity index (χ1v) is 6.96. The monoisotopic (exact) mass is 261 g/mol. The van der Waals surface area contributed by atoms with Crippen LogP contribution in [0, 0.1) is 13.8 Å². The summed E-state index contributed by atoms with van der Waals surface area (Å²) >= 11 is 0. The molecule has 2 rings (SSSR count). The van der Waals surface area contributed by atoms with E-state index < -0.39 is 0 Å². The molecule has 1 aliphatic heterocycles. The van der Waals surface area contributed by atoms with E-state index in [1.54, 1.807) is 0 Å². The molecule has 0 aromatic heterocycles. The molecule has 0 aliphatic carbocycles. The number of benzene rings is 1. The molecule has 1 aromatic rings. The van der Waals surface area contributed by atoms with Crippen LogP contribution in [-0.4, -0.2) is 48.6 Å². The van der Waals surface area contributed by atoms with Gasteiger partial charge in [-0.3, -0.25) is 0 Å². The van der Waals surface area contributed by atoms with Crippen molar-refractivity contribution in [1.29, 1.82) is 0 Å². The second-order valence-corrected chi connectivity index (χ2v) is 5.10. The van der Waals surface area contributed by atoms with Gasteiger partial charge in [0.2, 0.25) is 0 Å². The van der Waals surface area contributed by atoms with Crippen molar-refractivity contribution in [3.05, 3.63) is 29.3 Å². The number of carbonyl (C=O) groups is 1. The molecule has 1 aromatic carbocycles. The number of amides is 2. The Bertz CT molecular complexity index is 451. The fraction of sp³-hybridized carbons (Fsp3) is 0.533. The van der Waals surface area contributed by atoms with Gasteiger partial charge < -0.3 is 15.1 Å². The van der Waals surface area contributed by atoms with Gasteiger partial charge >= 0.3 is 6.03 Å². The lowest BCUT2D eigenvalue weighted by Gasteiger charge is -2.34. The van der Waals surface area contributed by atoms with E-state index in [0.29, 0.717) is 0 Å². The van der Waals surface area contributed by atoms with E-state index in [0.717, 1.165) is 44.0 Å². The number of piperazine rings is 1. The normalized spacial score (nSPS) is 16.5. The zero-order valence-corrected chi connectivity index (χ0v) is 12.1. The van der Waals surface area contributed by atoms with Gasteiger partial charge in [-0.2, -0.15) is 0 Å². The second-order valence-electron chi connectivity index (χ2n) is 5.10. The van der Waals surface area contributed by atoms with E-state index in [4.69, 9.17) is 0 Å². The van der Waals surface area contributed by atoms with Crippen molar-refractivity contribution in [1.82, 2.24) is 9.80 Å². The molecule has 1 fully saturated rings. The molecular weight excluding hydrogens is 238 g/mol. The summed E-state index contributed by atoms with van der Waals surface area (Å²) in [6, 6.07) is 6.02. The maximum Gasteiger partial charge on any atom is 0.321 e. The van der Waals surface area contributed by atoms with Gasteiger partial charge in [-0.05, 0) is 37.6 Å². The van der Waals surface area contributed by atoms with Gasteiger partial charge in [0.25, 0.3) is 0 Å². The van der Waals surface area contributed by atoms with E-state index in [1.807, 2.05) is 24.0 Å². The first kappa shape index (κ1) is 13.9. The smallest absolute Gasteiger partial charge is 0.321 e. The number of likely N-dealkylation sites (N-methyl/N-ethyl adjacent to an activating group) is 1. The largest absolute Gasteiger partial charge is 0.322 e. The maximum atomic E-state index is 12.2. The van der Waals surface area contributed by atoms with Crippen molar-refractivity contribution in [2.75, 3.05) is 38.0 Å². The first-order valence-electron chi connectivity index (χ1n) is 6.96. The van der Waals surface area contributed by atoms with Gasteiger partial charge in [0, 0.05) is 31.9 Å². The Morgan fingerprint density at radius 1 is 1.21 bits per heavy atom. The molecule has 0 unspecified atom stereocenters. The summed E-state index contributed by atoms with van der Waals surface area (Å²) < 4.78 is 0. The molecule has 0 spiro atoms. The van der Waals surface area contributed by atoms with Gasteiger partial charge in [-0.1, -0.05) is 19.1 Å². The molecule has 0 bridgehead atoms. The van der Waals surface area contributed by atoms with Gasteiger partial charge in [0.15, 0.2) is 0 Å². The molecule has 0 radical (unpaired) electrons. The molecule has 0 atom stereocenters. The third-order valence-corrected chi connectivity index (χ3v) is 3.95. The Balaban J connectivity index is 1.96. The van der Waals surface area contributed by atoms with Crippen LogP contribution in [0.2, 0.25) is 0 Å². The van der Waals surface area contributed by atoms with E-state index in [2.05, 4.69) is 30.1 Å². The topological polar surface area (TPSA) is 35.6 Å². The lowest BCUT2D eigenvalue weighted by atomic mass is 10.1. The van der Waals surface area contributed by atoms with Crippen LogP contribution < -0.4 is 5.32 Å². The highest BCUT2D eigenvalue weighted by Gasteiger charge is 2.20. The Labute approximate surface area is 115 Å². The zero-order chi connectivity index (χ0) is 13.8. The Hall–Kier alpha value is -1.55. The SMILES string of the molecule is CCN1CCN(C(=O)Nc2cccc(C)c2C)CC1. The van der Waals surface area contributed by atoms with Gasteiger partial charge in [-0.15, -0.1) is 0 Å². The lowest BCUT2D eigenvalue weighted by molar-refractivity contribution is 0.151. The minimum Gasteiger partial charge on any atom is -0.322 e. The van der Waals surface area contributed by atoms with Crippen LogP contribution in [-0.2, 0) is 0 Å². The first-order chi connectivity index (χ1) is 9.11. The summed E-state index contributed by atoms with van der Waals surface area (Å²) in [7, 11) is 0. The number of hydrogen-bond donors (Lipinski definition) is 1. The van der Waals surface area contributed by atoms with Crippen molar-refractivity contribution < 1.29 is 4.79 Å². The Morgan fingerprint density at radius 2 is 1.89 bits per heavy atom. The third kappa shape index (κ3) is 3.26. The predicted octanol–water partition coefficient (Wildman–Crippen LogP) is 2.47. The molecule has 2 amide bonds. The zero-order valence-electron chi connectivity index (χ0n) is 12.1. The quantitative estimate of drug-likeness (QED) is 0.887. The third-order valence-electron chi connectivity index (χ3n) is 3.95. The van der Waals surface area contributed by atoms with Crippen molar-refractivity contribution in [3.8, 4) is 0 Å². The van der Waals surface area contributed by atoms with Crippen LogP contribution in [0.1, 0.15) is 18.1 Å². The van der Waals surface area contributed by atoms with Gasteiger partial charge in [-0.25, -0.2) is 4.79 Å². The number of urea groups is 1. The average Bonchev–Trinajstić information content (AvgIpc) is 2.44. The Morgan fingerprint density at radius 3 is 2.53 bits per heavy atom. The molecule has 1 saturated heterocycles. The lowest BCUT2D eigenvalue weighted by Crippen LogP contribution is -2.49. The molecule has 1 aliphatic rings. The molecule has 104 valence electrons. The standard InChI is InChI=1S/C15H23N3O/c1-4-17-8-10-18(11-9-17)15(19)16-14-7-5-6-12(2)13(14)3/h5-7H,4,8-11H2,1-3H3,(H,16,19). The van der Waals surface area contributed by atoms with Gasteiger partial charge in [0.1, 0.15) is 0 Å². The minimum atomic E-state index is 0.0180. The predicted molar refractivity (Wildman–Crippen MR) is 78.6 cm³/mol. The van der Waals surface area contributed by atoms with Crippen LogP contribution in [0.4, 0.5) is 10.5 Å². The average molecular weight is 261 g/mol. The highest BCUT2D eigenvalue weighted by Crippen LogP contribution is 2.18. The van der Waals surface area contributed by atoms with Crippen LogP contribution in [0.5, 0.6) is 0 Å². The molecule has 19 heavy (non-hydrogen) atoms. The maximum absolute atomic E-state index is 12.2. The van der Waals surface area contributed by atoms with Crippen molar-refractivity contribution >= 4 is 11.7 Å².